The molecule has 0 radical (unpaired) electrons. The molecule has 130 valence electrons. The number of nitrogens with zero attached hydrogens (tertiary/aromatic N) is 3. The third-order valence-corrected chi connectivity index (χ3v) is 4.66. The van der Waals surface area contributed by atoms with Crippen LogP contribution in [0, 0.1) is 11.6 Å². The van der Waals surface area contributed by atoms with Crippen LogP contribution in [0.15, 0.2) is 47.6 Å². The molecule has 2 N–H and O–H groups in total. The molecule has 25 heavy (non-hydrogen) atoms. The molecular formula is C16H13ClF2N4OS. The SMILES string of the molecule is Nn1c(COc2ccccc2F)nnc1SCc1c(F)cccc1Cl. The fourth-order valence-electron chi connectivity index (χ4n) is 2.02. The fourth-order valence-corrected chi connectivity index (χ4v) is 3.23. The van der Waals surface area contributed by atoms with Crippen LogP contribution in [0.1, 0.15) is 11.4 Å². The number of hydrogen-bond acceptors (Lipinski definition) is 5. The lowest BCUT2D eigenvalue weighted by atomic mass is 10.2. The zero-order valence-electron chi connectivity index (χ0n) is 12.8. The first-order valence-electron chi connectivity index (χ1n) is 7.18. The van der Waals surface area contributed by atoms with E-state index in [-0.39, 0.29) is 18.1 Å². The van der Waals surface area contributed by atoms with Gasteiger partial charge in [0, 0.05) is 16.3 Å². The molecule has 0 saturated heterocycles. The van der Waals surface area contributed by atoms with Gasteiger partial charge in [-0.1, -0.05) is 41.6 Å². The molecule has 0 unspecified atom stereocenters. The van der Waals surface area contributed by atoms with E-state index in [4.69, 9.17) is 22.2 Å². The average molecular weight is 383 g/mol. The van der Waals surface area contributed by atoms with Crippen molar-refractivity contribution >= 4 is 23.4 Å². The van der Waals surface area contributed by atoms with E-state index in [0.29, 0.717) is 21.6 Å². The molecule has 0 fully saturated rings. The van der Waals surface area contributed by atoms with Crippen LogP contribution in [0.3, 0.4) is 0 Å². The van der Waals surface area contributed by atoms with Crippen molar-refractivity contribution < 1.29 is 13.5 Å². The zero-order valence-corrected chi connectivity index (χ0v) is 14.4. The van der Waals surface area contributed by atoms with E-state index in [0.717, 1.165) is 0 Å². The highest BCUT2D eigenvalue weighted by atomic mass is 35.5. The van der Waals surface area contributed by atoms with Crippen molar-refractivity contribution in [2.75, 3.05) is 5.84 Å². The highest BCUT2D eigenvalue weighted by Gasteiger charge is 2.14. The lowest BCUT2D eigenvalue weighted by molar-refractivity contribution is 0.277. The van der Waals surface area contributed by atoms with Crippen LogP contribution in [0.5, 0.6) is 5.75 Å². The number of para-hydroxylation sites is 1. The largest absolute Gasteiger partial charge is 0.482 e. The molecule has 0 aliphatic rings. The van der Waals surface area contributed by atoms with Crippen molar-refractivity contribution in [2.45, 2.75) is 17.5 Å². The van der Waals surface area contributed by atoms with Crippen molar-refractivity contribution in [3.63, 3.8) is 0 Å². The molecule has 0 saturated carbocycles. The Morgan fingerprint density at radius 1 is 1.08 bits per heavy atom. The highest BCUT2D eigenvalue weighted by molar-refractivity contribution is 7.98. The van der Waals surface area contributed by atoms with Crippen molar-refractivity contribution in [3.05, 3.63) is 70.5 Å². The Balaban J connectivity index is 1.66. The lowest BCUT2D eigenvalue weighted by Crippen LogP contribution is -2.16. The van der Waals surface area contributed by atoms with Crippen LogP contribution >= 0.6 is 23.4 Å². The summed E-state index contributed by atoms with van der Waals surface area (Å²) in [7, 11) is 0. The van der Waals surface area contributed by atoms with Gasteiger partial charge in [-0.2, -0.15) is 0 Å². The minimum Gasteiger partial charge on any atom is -0.482 e. The molecule has 5 nitrogen and oxygen atoms in total. The highest BCUT2D eigenvalue weighted by Crippen LogP contribution is 2.27. The van der Waals surface area contributed by atoms with Gasteiger partial charge in [0.2, 0.25) is 5.16 Å². The predicted octanol–water partition coefficient (Wildman–Crippen LogP) is 3.79. The summed E-state index contributed by atoms with van der Waals surface area (Å²) >= 11 is 7.17. The summed E-state index contributed by atoms with van der Waals surface area (Å²) in [5.41, 5.74) is 0.362. The Morgan fingerprint density at radius 2 is 1.84 bits per heavy atom. The third kappa shape index (κ3) is 4.02. The van der Waals surface area contributed by atoms with Crippen molar-refractivity contribution in [2.24, 2.45) is 0 Å². The summed E-state index contributed by atoms with van der Waals surface area (Å²) in [6.45, 7) is -0.0502. The smallest absolute Gasteiger partial charge is 0.210 e. The predicted molar refractivity (Wildman–Crippen MR) is 91.9 cm³/mol. The van der Waals surface area contributed by atoms with Crippen LogP contribution in [-0.4, -0.2) is 14.9 Å². The second kappa shape index (κ2) is 7.71. The van der Waals surface area contributed by atoms with E-state index in [1.54, 1.807) is 18.2 Å². The zero-order chi connectivity index (χ0) is 17.8. The van der Waals surface area contributed by atoms with Gasteiger partial charge in [-0.3, -0.25) is 0 Å². The van der Waals surface area contributed by atoms with E-state index in [9.17, 15) is 8.78 Å². The molecular weight excluding hydrogens is 370 g/mol. The van der Waals surface area contributed by atoms with Crippen molar-refractivity contribution in [1.29, 1.82) is 0 Å². The first-order valence-corrected chi connectivity index (χ1v) is 8.55. The second-order valence-electron chi connectivity index (χ2n) is 4.98. The summed E-state index contributed by atoms with van der Waals surface area (Å²) in [5, 5.41) is 8.55. The summed E-state index contributed by atoms with van der Waals surface area (Å²) in [5.74, 6) is 5.69. The van der Waals surface area contributed by atoms with Gasteiger partial charge in [-0.25, -0.2) is 13.5 Å². The van der Waals surface area contributed by atoms with Crippen LogP contribution in [0.4, 0.5) is 8.78 Å². The summed E-state index contributed by atoms with van der Waals surface area (Å²) in [4.78, 5) is 0. The fraction of sp³-hybridized carbons (Fsp3) is 0.125. The Labute approximate surface area is 151 Å². The third-order valence-electron chi connectivity index (χ3n) is 3.34. The standard InChI is InChI=1S/C16H13ClF2N4OS/c17-11-4-3-6-12(18)10(11)9-25-16-22-21-15(23(16)20)8-24-14-7-2-1-5-13(14)19/h1-7H,8-9,20H2. The van der Waals surface area contributed by atoms with Crippen LogP contribution in [-0.2, 0) is 12.4 Å². The number of aromatic nitrogens is 3. The van der Waals surface area contributed by atoms with E-state index in [1.165, 1.54) is 40.7 Å². The Bertz CT molecular complexity index is 870. The van der Waals surface area contributed by atoms with Crippen molar-refractivity contribution in [1.82, 2.24) is 14.9 Å². The van der Waals surface area contributed by atoms with E-state index < -0.39 is 11.6 Å². The number of ether oxygens (including phenoxy) is 1. The van der Waals surface area contributed by atoms with Crippen LogP contribution in [0.25, 0.3) is 0 Å². The minimum atomic E-state index is -0.477. The summed E-state index contributed by atoms with van der Waals surface area (Å²) in [6.07, 6.45) is 0. The summed E-state index contributed by atoms with van der Waals surface area (Å²) in [6, 6.07) is 10.5. The first-order chi connectivity index (χ1) is 12.1. The lowest BCUT2D eigenvalue weighted by Gasteiger charge is -2.07. The first kappa shape index (κ1) is 17.5. The maximum atomic E-state index is 13.8. The van der Waals surface area contributed by atoms with Crippen LogP contribution < -0.4 is 10.6 Å². The Morgan fingerprint density at radius 3 is 2.60 bits per heavy atom. The maximum absolute atomic E-state index is 13.8. The van der Waals surface area contributed by atoms with Gasteiger partial charge < -0.3 is 10.6 Å². The number of thioether (sulfide) groups is 1. The number of nitrogen functional groups attached to an aromatic ring is 1. The molecule has 0 atom stereocenters. The molecule has 0 spiro atoms. The van der Waals surface area contributed by atoms with Gasteiger partial charge in [0.15, 0.2) is 17.4 Å². The average Bonchev–Trinajstić information content (AvgIpc) is 2.94. The second-order valence-corrected chi connectivity index (χ2v) is 6.33. The van der Waals surface area contributed by atoms with Gasteiger partial charge in [0.25, 0.3) is 0 Å². The topological polar surface area (TPSA) is 66.0 Å². The number of rotatable bonds is 6. The summed E-state index contributed by atoms with van der Waals surface area (Å²) < 4.78 is 33.9. The Kier molecular flexibility index (Phi) is 5.40. The van der Waals surface area contributed by atoms with E-state index >= 15 is 0 Å². The maximum Gasteiger partial charge on any atom is 0.210 e. The monoisotopic (exact) mass is 382 g/mol. The van der Waals surface area contributed by atoms with Gasteiger partial charge >= 0.3 is 0 Å². The number of nitrogens with two attached hydrogens (primary N) is 1. The van der Waals surface area contributed by atoms with Gasteiger partial charge in [0.1, 0.15) is 12.4 Å². The normalized spacial score (nSPS) is 10.8. The number of hydrogen-bond donors (Lipinski definition) is 1. The molecule has 0 aliphatic heterocycles. The molecule has 1 heterocycles. The molecule has 1 aromatic heterocycles. The molecule has 2 aromatic carbocycles. The number of halogens is 3. The van der Waals surface area contributed by atoms with E-state index in [2.05, 4.69) is 10.2 Å². The minimum absolute atomic E-state index is 0.0502. The molecule has 0 bridgehead atoms. The molecule has 9 heteroatoms. The van der Waals surface area contributed by atoms with Gasteiger partial charge in [-0.15, -0.1) is 10.2 Å². The van der Waals surface area contributed by atoms with Crippen LogP contribution in [0.2, 0.25) is 5.02 Å². The van der Waals surface area contributed by atoms with Gasteiger partial charge in [-0.05, 0) is 24.3 Å². The number of benzene rings is 2. The molecule has 0 amide bonds. The quantitative estimate of drug-likeness (QED) is 0.519. The van der Waals surface area contributed by atoms with E-state index in [1.807, 2.05) is 0 Å². The van der Waals surface area contributed by atoms with Gasteiger partial charge in [0.05, 0.1) is 0 Å². The molecule has 3 rings (SSSR count). The molecule has 3 aromatic rings. The Hall–Kier alpha value is -2.32. The van der Waals surface area contributed by atoms with Crippen molar-refractivity contribution in [3.8, 4) is 5.75 Å². The molecule has 0 aliphatic carbocycles.